The first-order valence-electron chi connectivity index (χ1n) is 6.78. The predicted octanol–water partition coefficient (Wildman–Crippen LogP) is 3.04. The van der Waals surface area contributed by atoms with Gasteiger partial charge < -0.3 is 14.2 Å². The third-order valence-electron chi connectivity index (χ3n) is 3.03. The van der Waals surface area contributed by atoms with Crippen LogP contribution in [0.2, 0.25) is 0 Å². The summed E-state index contributed by atoms with van der Waals surface area (Å²) in [5.41, 5.74) is 0.849. The molecule has 2 aromatic rings. The summed E-state index contributed by atoms with van der Waals surface area (Å²) in [6, 6.07) is 13.3. The van der Waals surface area contributed by atoms with Gasteiger partial charge in [-0.15, -0.1) is 0 Å². The van der Waals surface area contributed by atoms with E-state index in [9.17, 15) is 9.59 Å². The maximum absolute atomic E-state index is 12.6. The van der Waals surface area contributed by atoms with Crippen LogP contribution in [0.4, 0.5) is 0 Å². The van der Waals surface area contributed by atoms with E-state index in [1.165, 1.54) is 7.11 Å². The molecule has 0 amide bonds. The maximum atomic E-state index is 12.6. The standard InChI is InChI=1S/C17H15ClO5/c1-21-13-7-8-14(17(20)12-5-3-2-4-6-12)15(9-13)22-10-16(19)23-11-18/h2-9H,10-11H2,1H3. The van der Waals surface area contributed by atoms with Gasteiger partial charge in [-0.25, -0.2) is 4.79 Å². The van der Waals surface area contributed by atoms with E-state index in [-0.39, 0.29) is 24.2 Å². The Balaban J connectivity index is 2.27. The first-order chi connectivity index (χ1) is 11.2. The normalized spacial score (nSPS) is 10.0. The lowest BCUT2D eigenvalue weighted by atomic mass is 10.0. The molecule has 0 unspecified atom stereocenters. The van der Waals surface area contributed by atoms with E-state index in [1.54, 1.807) is 42.5 Å². The minimum Gasteiger partial charge on any atom is -0.497 e. The number of carbonyl (C=O) groups is 2. The second-order valence-electron chi connectivity index (χ2n) is 4.47. The van der Waals surface area contributed by atoms with Crippen LogP contribution in [-0.2, 0) is 9.53 Å². The molecule has 0 fully saturated rings. The van der Waals surface area contributed by atoms with Crippen LogP contribution in [0.25, 0.3) is 0 Å². The van der Waals surface area contributed by atoms with Crippen molar-refractivity contribution in [2.75, 3.05) is 19.8 Å². The number of ether oxygens (including phenoxy) is 3. The number of benzene rings is 2. The zero-order valence-electron chi connectivity index (χ0n) is 12.5. The van der Waals surface area contributed by atoms with Crippen LogP contribution in [-0.4, -0.2) is 31.5 Å². The fourth-order valence-corrected chi connectivity index (χ4v) is 2.04. The van der Waals surface area contributed by atoms with Crippen LogP contribution >= 0.6 is 11.6 Å². The average Bonchev–Trinajstić information content (AvgIpc) is 2.60. The topological polar surface area (TPSA) is 61.8 Å². The number of halogens is 1. The van der Waals surface area contributed by atoms with Crippen molar-refractivity contribution in [1.29, 1.82) is 0 Å². The molecule has 23 heavy (non-hydrogen) atoms. The van der Waals surface area contributed by atoms with Crippen LogP contribution in [0.15, 0.2) is 48.5 Å². The van der Waals surface area contributed by atoms with Gasteiger partial charge in [0.15, 0.2) is 18.5 Å². The van der Waals surface area contributed by atoms with E-state index < -0.39 is 5.97 Å². The average molecular weight is 335 g/mol. The van der Waals surface area contributed by atoms with Crippen molar-refractivity contribution >= 4 is 23.4 Å². The highest BCUT2D eigenvalue weighted by molar-refractivity contribution is 6.17. The Morgan fingerprint density at radius 2 is 1.83 bits per heavy atom. The van der Waals surface area contributed by atoms with Crippen molar-refractivity contribution in [2.24, 2.45) is 0 Å². The molecule has 0 saturated carbocycles. The van der Waals surface area contributed by atoms with Gasteiger partial charge in [-0.3, -0.25) is 4.79 Å². The molecule has 120 valence electrons. The molecule has 2 aromatic carbocycles. The van der Waals surface area contributed by atoms with Crippen LogP contribution in [0.3, 0.4) is 0 Å². The molecule has 0 atom stereocenters. The first-order valence-corrected chi connectivity index (χ1v) is 7.31. The number of methoxy groups -OCH3 is 1. The molecule has 0 spiro atoms. The third kappa shape index (κ3) is 4.47. The van der Waals surface area contributed by atoms with Gasteiger partial charge in [0.25, 0.3) is 0 Å². The minimum absolute atomic E-state index is 0.214. The highest BCUT2D eigenvalue weighted by Crippen LogP contribution is 2.27. The van der Waals surface area contributed by atoms with Crippen LogP contribution in [0, 0.1) is 0 Å². The summed E-state index contributed by atoms with van der Waals surface area (Å²) in [6.45, 7) is -0.352. The van der Waals surface area contributed by atoms with E-state index in [4.69, 9.17) is 21.1 Å². The van der Waals surface area contributed by atoms with Gasteiger partial charge in [0.05, 0.1) is 12.7 Å². The number of esters is 1. The van der Waals surface area contributed by atoms with Gasteiger partial charge in [0, 0.05) is 11.6 Å². The molecular formula is C17H15ClO5. The first kappa shape index (κ1) is 16.8. The number of ketones is 1. The third-order valence-corrected chi connectivity index (χ3v) is 3.14. The van der Waals surface area contributed by atoms with E-state index in [0.29, 0.717) is 16.9 Å². The number of hydrogen-bond donors (Lipinski definition) is 0. The van der Waals surface area contributed by atoms with Gasteiger partial charge in [0.2, 0.25) is 0 Å². The largest absolute Gasteiger partial charge is 0.497 e. The van der Waals surface area contributed by atoms with Crippen LogP contribution in [0.5, 0.6) is 11.5 Å². The van der Waals surface area contributed by atoms with Crippen molar-refractivity contribution in [1.82, 2.24) is 0 Å². The highest BCUT2D eigenvalue weighted by atomic mass is 35.5. The SMILES string of the molecule is COc1ccc(C(=O)c2ccccc2)c(OCC(=O)OCCl)c1. The second-order valence-corrected chi connectivity index (χ2v) is 4.69. The molecule has 2 rings (SSSR count). The van der Waals surface area contributed by atoms with E-state index >= 15 is 0 Å². The van der Waals surface area contributed by atoms with E-state index in [2.05, 4.69) is 4.74 Å². The minimum atomic E-state index is -0.624. The molecule has 0 N–H and O–H groups in total. The second kappa shape index (κ2) is 8.19. The summed E-state index contributed by atoms with van der Waals surface area (Å²) in [6.07, 6.45) is 0. The fraction of sp³-hybridized carbons (Fsp3) is 0.176. The Kier molecular flexibility index (Phi) is 6.00. The molecule has 0 bridgehead atoms. The lowest BCUT2D eigenvalue weighted by molar-refractivity contribution is -0.143. The molecule has 0 aromatic heterocycles. The van der Waals surface area contributed by atoms with Gasteiger partial charge >= 0.3 is 5.97 Å². The number of hydrogen-bond acceptors (Lipinski definition) is 5. The van der Waals surface area contributed by atoms with Gasteiger partial charge in [-0.2, -0.15) is 0 Å². The molecule has 0 radical (unpaired) electrons. The molecule has 0 aliphatic carbocycles. The lowest BCUT2D eigenvalue weighted by Crippen LogP contribution is -2.15. The lowest BCUT2D eigenvalue weighted by Gasteiger charge is -2.12. The number of alkyl halides is 1. The van der Waals surface area contributed by atoms with Crippen molar-refractivity contribution in [3.8, 4) is 11.5 Å². The van der Waals surface area contributed by atoms with Crippen molar-refractivity contribution in [3.05, 3.63) is 59.7 Å². The summed E-state index contributed by atoms with van der Waals surface area (Å²) < 4.78 is 15.1. The summed E-state index contributed by atoms with van der Waals surface area (Å²) in [4.78, 5) is 24.0. The Labute approximate surface area is 138 Å². The Hall–Kier alpha value is -2.53. The summed E-state index contributed by atoms with van der Waals surface area (Å²) in [7, 11) is 1.50. The summed E-state index contributed by atoms with van der Waals surface area (Å²) in [5.74, 6) is -0.0880. The zero-order valence-corrected chi connectivity index (χ0v) is 13.2. The zero-order chi connectivity index (χ0) is 16.7. The van der Waals surface area contributed by atoms with E-state index in [1.807, 2.05) is 6.07 Å². The number of rotatable bonds is 7. The van der Waals surface area contributed by atoms with Crippen molar-refractivity contribution < 1.29 is 23.8 Å². The van der Waals surface area contributed by atoms with Crippen LogP contribution in [0.1, 0.15) is 15.9 Å². The smallest absolute Gasteiger partial charge is 0.345 e. The Morgan fingerprint density at radius 3 is 2.48 bits per heavy atom. The molecule has 6 heteroatoms. The molecule has 0 saturated heterocycles. The van der Waals surface area contributed by atoms with Crippen LogP contribution < -0.4 is 9.47 Å². The monoisotopic (exact) mass is 334 g/mol. The molecule has 0 heterocycles. The van der Waals surface area contributed by atoms with Gasteiger partial charge in [0.1, 0.15) is 11.5 Å². The number of carbonyl (C=O) groups excluding carboxylic acids is 2. The molecule has 0 aliphatic heterocycles. The summed E-state index contributed by atoms with van der Waals surface area (Å²) >= 11 is 5.31. The van der Waals surface area contributed by atoms with Gasteiger partial charge in [-0.05, 0) is 12.1 Å². The summed E-state index contributed by atoms with van der Waals surface area (Å²) in [5, 5.41) is 0. The molecule has 0 aliphatic rings. The maximum Gasteiger partial charge on any atom is 0.345 e. The predicted molar refractivity (Wildman–Crippen MR) is 85.2 cm³/mol. The van der Waals surface area contributed by atoms with Crippen molar-refractivity contribution in [3.63, 3.8) is 0 Å². The van der Waals surface area contributed by atoms with Gasteiger partial charge in [-0.1, -0.05) is 41.9 Å². The fourth-order valence-electron chi connectivity index (χ4n) is 1.92. The molecule has 5 nitrogen and oxygen atoms in total. The Bertz CT molecular complexity index is 685. The quantitative estimate of drug-likeness (QED) is 0.442. The highest BCUT2D eigenvalue weighted by Gasteiger charge is 2.17. The van der Waals surface area contributed by atoms with Crippen molar-refractivity contribution in [2.45, 2.75) is 0 Å². The molecular weight excluding hydrogens is 320 g/mol. The van der Waals surface area contributed by atoms with E-state index in [0.717, 1.165) is 0 Å². The Morgan fingerprint density at radius 1 is 1.09 bits per heavy atom.